The molecule has 0 saturated heterocycles. The number of aromatic nitrogens is 2. The third kappa shape index (κ3) is 2.23. The first-order valence-corrected chi connectivity index (χ1v) is 7.94. The number of hydrogen-bond acceptors (Lipinski definition) is 6. The molecule has 1 heterocycles. The van der Waals surface area contributed by atoms with E-state index in [4.69, 9.17) is 9.47 Å². The Morgan fingerprint density at radius 2 is 2.00 bits per heavy atom. The Hall–Kier alpha value is -1.98. The number of fused-ring (bicyclic) bond motifs is 3. The number of nitrogens with zero attached hydrogens (tertiary/aromatic N) is 2. The van der Waals surface area contributed by atoms with Gasteiger partial charge in [0.05, 0.1) is 25.8 Å². The van der Waals surface area contributed by atoms with Crippen molar-refractivity contribution in [1.82, 2.24) is 9.97 Å². The van der Waals surface area contributed by atoms with Gasteiger partial charge >= 0.3 is 6.01 Å². The fraction of sp³-hybridized carbons (Fsp3) is 0.647. The van der Waals surface area contributed by atoms with Crippen molar-refractivity contribution in [1.29, 1.82) is 0 Å². The van der Waals surface area contributed by atoms with E-state index in [1.54, 1.807) is 7.11 Å². The topological polar surface area (TPSA) is 78.4 Å². The Labute approximate surface area is 135 Å². The predicted molar refractivity (Wildman–Crippen MR) is 82.6 cm³/mol. The van der Waals surface area contributed by atoms with Crippen LogP contribution in [0.2, 0.25) is 0 Å². The summed E-state index contributed by atoms with van der Waals surface area (Å²) in [4.78, 5) is 32.6. The number of hydrogen-bond donors (Lipinski definition) is 0. The monoisotopic (exact) mass is 318 g/mol. The third-order valence-electron chi connectivity index (χ3n) is 5.62. The highest BCUT2D eigenvalue weighted by Gasteiger charge is 2.53. The van der Waals surface area contributed by atoms with E-state index in [1.165, 1.54) is 7.11 Å². The van der Waals surface area contributed by atoms with E-state index < -0.39 is 5.92 Å². The van der Waals surface area contributed by atoms with Crippen LogP contribution in [0.3, 0.4) is 0 Å². The van der Waals surface area contributed by atoms with Crippen LogP contribution in [0.4, 0.5) is 0 Å². The van der Waals surface area contributed by atoms with E-state index in [-0.39, 0.29) is 29.0 Å². The van der Waals surface area contributed by atoms with Gasteiger partial charge in [-0.1, -0.05) is 13.8 Å². The number of carbonyl (C=O) groups is 2. The number of aldehydes is 1. The van der Waals surface area contributed by atoms with Crippen LogP contribution >= 0.6 is 0 Å². The van der Waals surface area contributed by atoms with Crippen LogP contribution < -0.4 is 9.47 Å². The van der Waals surface area contributed by atoms with Gasteiger partial charge in [0, 0.05) is 16.9 Å². The van der Waals surface area contributed by atoms with Gasteiger partial charge in [0.25, 0.3) is 0 Å². The first-order valence-electron chi connectivity index (χ1n) is 7.94. The first-order chi connectivity index (χ1) is 11.0. The molecule has 0 radical (unpaired) electrons. The normalized spacial score (nSPS) is 32.7. The molecular weight excluding hydrogens is 296 g/mol. The molecule has 0 aromatic carbocycles. The maximum atomic E-state index is 12.4. The highest BCUT2D eigenvalue weighted by molar-refractivity contribution is 5.96. The molecule has 0 spiro atoms. The molecule has 3 rings (SSSR count). The molecule has 1 saturated carbocycles. The molecule has 0 amide bonds. The summed E-state index contributed by atoms with van der Waals surface area (Å²) in [6.07, 6.45) is 2.91. The van der Waals surface area contributed by atoms with Gasteiger partial charge in [-0.3, -0.25) is 4.79 Å². The molecular formula is C17H22N2O4. The van der Waals surface area contributed by atoms with Gasteiger partial charge < -0.3 is 14.3 Å². The zero-order valence-corrected chi connectivity index (χ0v) is 14.0. The number of rotatable bonds is 3. The second kappa shape index (κ2) is 5.58. The number of carbonyl (C=O) groups excluding carboxylic acids is 2. The Balaban J connectivity index is 2.17. The number of ether oxygens (including phenoxy) is 2. The fourth-order valence-electron chi connectivity index (χ4n) is 4.45. The molecule has 23 heavy (non-hydrogen) atoms. The largest absolute Gasteiger partial charge is 0.481 e. The molecule has 2 aliphatic rings. The van der Waals surface area contributed by atoms with Crippen molar-refractivity contribution >= 4 is 12.1 Å². The molecule has 1 fully saturated rings. The van der Waals surface area contributed by atoms with E-state index >= 15 is 0 Å². The van der Waals surface area contributed by atoms with Gasteiger partial charge in [-0.25, -0.2) is 0 Å². The van der Waals surface area contributed by atoms with Crippen LogP contribution in [0.25, 0.3) is 0 Å². The molecule has 0 bridgehead atoms. The van der Waals surface area contributed by atoms with Gasteiger partial charge in [0.2, 0.25) is 5.88 Å². The third-order valence-corrected chi connectivity index (χ3v) is 5.62. The lowest BCUT2D eigenvalue weighted by atomic mass is 9.54. The predicted octanol–water partition coefficient (Wildman–Crippen LogP) is 1.74. The summed E-state index contributed by atoms with van der Waals surface area (Å²) < 4.78 is 10.6. The average molecular weight is 318 g/mol. The highest BCUT2D eigenvalue weighted by atomic mass is 16.5. The summed E-state index contributed by atoms with van der Waals surface area (Å²) in [7, 11) is 3.10. The lowest BCUT2D eigenvalue weighted by Crippen LogP contribution is -2.51. The van der Waals surface area contributed by atoms with Crippen LogP contribution in [-0.4, -0.2) is 36.3 Å². The van der Waals surface area contributed by atoms with Crippen LogP contribution in [0.5, 0.6) is 11.9 Å². The smallest absolute Gasteiger partial charge is 0.319 e. The maximum Gasteiger partial charge on any atom is 0.319 e. The van der Waals surface area contributed by atoms with E-state index in [0.717, 1.165) is 30.4 Å². The van der Waals surface area contributed by atoms with Crippen molar-refractivity contribution < 1.29 is 19.1 Å². The van der Waals surface area contributed by atoms with Gasteiger partial charge in [-0.05, 0) is 25.2 Å². The quantitative estimate of drug-likeness (QED) is 0.624. The molecule has 4 atom stereocenters. The molecule has 1 aromatic heterocycles. The molecule has 6 heteroatoms. The van der Waals surface area contributed by atoms with E-state index in [1.807, 2.05) is 6.92 Å². The minimum Gasteiger partial charge on any atom is -0.481 e. The maximum absolute atomic E-state index is 12.4. The van der Waals surface area contributed by atoms with E-state index in [2.05, 4.69) is 16.9 Å². The standard InChI is InChI=1S/C17H22N2O4/c1-9-12-6-5-11-14(18-16(23-4)19-15(11)22-3)17(12,2)7-10(8-20)13(9)21/h8-10,12H,5-7H2,1-4H3/t9-,10?,12-,17-/m0/s1. The number of methoxy groups -OCH3 is 2. The van der Waals surface area contributed by atoms with Crippen molar-refractivity contribution in [3.8, 4) is 11.9 Å². The lowest BCUT2D eigenvalue weighted by Gasteiger charge is -2.49. The SMILES string of the molecule is COc1nc(OC)c2c(n1)[C@@]1(C)CC(C=O)C(=O)[C@@H](C)[C@@H]1CC2. The summed E-state index contributed by atoms with van der Waals surface area (Å²) in [5.74, 6) is 0.0360. The molecule has 0 aliphatic heterocycles. The van der Waals surface area contributed by atoms with Gasteiger partial charge in [0.15, 0.2) is 0 Å². The Bertz CT molecular complexity index is 660. The van der Waals surface area contributed by atoms with Gasteiger partial charge in [-0.2, -0.15) is 9.97 Å². The van der Waals surface area contributed by atoms with Crippen LogP contribution in [-0.2, 0) is 21.4 Å². The van der Waals surface area contributed by atoms with Crippen molar-refractivity contribution in [2.75, 3.05) is 14.2 Å². The Morgan fingerprint density at radius 1 is 1.26 bits per heavy atom. The second-order valence-electron chi connectivity index (χ2n) is 6.75. The molecule has 1 aromatic rings. The Kier molecular flexibility index (Phi) is 3.86. The molecule has 2 aliphatic carbocycles. The van der Waals surface area contributed by atoms with Crippen molar-refractivity contribution in [2.45, 2.75) is 38.5 Å². The van der Waals surface area contributed by atoms with Crippen LogP contribution in [0, 0.1) is 17.8 Å². The van der Waals surface area contributed by atoms with Crippen LogP contribution in [0.15, 0.2) is 0 Å². The molecule has 1 unspecified atom stereocenters. The zero-order valence-electron chi connectivity index (χ0n) is 14.0. The van der Waals surface area contributed by atoms with E-state index in [0.29, 0.717) is 12.3 Å². The second-order valence-corrected chi connectivity index (χ2v) is 6.75. The minimum absolute atomic E-state index is 0.0545. The average Bonchev–Trinajstić information content (AvgIpc) is 2.57. The zero-order chi connectivity index (χ0) is 16.8. The number of Topliss-reactive ketones (excluding diaryl/α,β-unsaturated/α-hetero) is 1. The highest BCUT2D eigenvalue weighted by Crippen LogP contribution is 2.53. The molecule has 6 nitrogen and oxygen atoms in total. The van der Waals surface area contributed by atoms with Crippen molar-refractivity contribution in [2.24, 2.45) is 17.8 Å². The lowest BCUT2D eigenvalue weighted by molar-refractivity contribution is -0.137. The van der Waals surface area contributed by atoms with Crippen LogP contribution in [0.1, 0.15) is 37.9 Å². The fourth-order valence-corrected chi connectivity index (χ4v) is 4.45. The minimum atomic E-state index is -0.566. The van der Waals surface area contributed by atoms with Crippen molar-refractivity contribution in [3.05, 3.63) is 11.3 Å². The number of ketones is 1. The molecule has 0 N–H and O–H groups in total. The summed E-state index contributed by atoms with van der Waals surface area (Å²) in [5, 5.41) is 0. The molecule has 124 valence electrons. The van der Waals surface area contributed by atoms with Gasteiger partial charge in [-0.15, -0.1) is 0 Å². The van der Waals surface area contributed by atoms with Gasteiger partial charge in [0.1, 0.15) is 12.1 Å². The summed E-state index contributed by atoms with van der Waals surface area (Å²) in [5.41, 5.74) is 1.48. The first kappa shape index (κ1) is 15.9. The van der Waals surface area contributed by atoms with E-state index in [9.17, 15) is 9.59 Å². The summed E-state index contributed by atoms with van der Waals surface area (Å²) in [6.45, 7) is 4.03. The Morgan fingerprint density at radius 3 is 2.61 bits per heavy atom. The summed E-state index contributed by atoms with van der Waals surface area (Å²) in [6, 6.07) is 0.259. The summed E-state index contributed by atoms with van der Waals surface area (Å²) >= 11 is 0. The van der Waals surface area contributed by atoms with Crippen molar-refractivity contribution in [3.63, 3.8) is 0 Å².